The maximum absolute atomic E-state index is 12.9. The van der Waals surface area contributed by atoms with Crippen LogP contribution in [0.5, 0.6) is 0 Å². The average molecular weight is 418 g/mol. The molecule has 1 aliphatic carbocycles. The van der Waals surface area contributed by atoms with E-state index in [-0.39, 0.29) is 30.6 Å². The zero-order valence-corrected chi connectivity index (χ0v) is 17.6. The topological polar surface area (TPSA) is 125 Å². The van der Waals surface area contributed by atoms with E-state index in [1.807, 2.05) is 13.8 Å². The van der Waals surface area contributed by atoms with Crippen LogP contribution in [0.2, 0.25) is 0 Å². The first-order chi connectivity index (χ1) is 14.3. The van der Waals surface area contributed by atoms with Crippen LogP contribution in [0.3, 0.4) is 0 Å². The third-order valence-electron chi connectivity index (χ3n) is 5.25. The number of benzene rings is 1. The van der Waals surface area contributed by atoms with Crippen molar-refractivity contribution in [2.45, 2.75) is 70.9 Å². The Bertz CT molecular complexity index is 803. The Morgan fingerprint density at radius 3 is 2.40 bits per heavy atom. The minimum atomic E-state index is -1.09. The molecule has 8 nitrogen and oxygen atoms in total. The number of ether oxygens (including phenoxy) is 1. The van der Waals surface area contributed by atoms with Gasteiger partial charge in [0.2, 0.25) is 5.91 Å². The van der Waals surface area contributed by atoms with Gasteiger partial charge in [-0.2, -0.15) is 0 Å². The lowest BCUT2D eigenvalue weighted by atomic mass is 9.87. The number of aliphatic hydroxyl groups is 1. The van der Waals surface area contributed by atoms with Crippen molar-refractivity contribution < 1.29 is 29.3 Å². The summed E-state index contributed by atoms with van der Waals surface area (Å²) in [6.07, 6.45) is 2.22. The van der Waals surface area contributed by atoms with Crippen LogP contribution in [-0.4, -0.2) is 52.3 Å². The number of aliphatic carboxylic acids is 1. The van der Waals surface area contributed by atoms with E-state index < -0.39 is 30.1 Å². The highest BCUT2D eigenvalue weighted by atomic mass is 16.5. The number of carbonyl (C=O) groups is 3. The summed E-state index contributed by atoms with van der Waals surface area (Å²) in [4.78, 5) is 36.4. The van der Waals surface area contributed by atoms with Crippen molar-refractivity contribution in [2.24, 2.45) is 0 Å². The molecule has 1 aromatic carbocycles. The van der Waals surface area contributed by atoms with Crippen LogP contribution in [0.1, 0.15) is 56.0 Å². The van der Waals surface area contributed by atoms with Crippen LogP contribution < -0.4 is 10.6 Å². The number of rotatable bonds is 9. The van der Waals surface area contributed by atoms with Crippen molar-refractivity contribution >= 4 is 17.8 Å². The second-order valence-electron chi connectivity index (χ2n) is 7.36. The lowest BCUT2D eigenvalue weighted by Crippen LogP contribution is -2.59. The van der Waals surface area contributed by atoms with E-state index >= 15 is 0 Å². The first-order valence-electron chi connectivity index (χ1n) is 10.2. The van der Waals surface area contributed by atoms with E-state index in [1.54, 1.807) is 24.3 Å². The van der Waals surface area contributed by atoms with E-state index in [2.05, 4.69) is 10.6 Å². The second kappa shape index (κ2) is 10.9. The van der Waals surface area contributed by atoms with Crippen LogP contribution in [0.25, 0.3) is 0 Å². The molecule has 0 saturated heterocycles. The molecule has 0 radical (unpaired) electrons. The summed E-state index contributed by atoms with van der Waals surface area (Å²) in [5.41, 5.74) is 0.875. The Kier molecular flexibility index (Phi) is 8.56. The van der Waals surface area contributed by atoms with Gasteiger partial charge in [-0.15, -0.1) is 0 Å². The number of carboxylic acid groups (broad SMARTS) is 1. The molecular weight excluding hydrogens is 388 g/mol. The minimum Gasteiger partial charge on any atom is -0.478 e. The molecule has 164 valence electrons. The first kappa shape index (κ1) is 23.6. The van der Waals surface area contributed by atoms with E-state index in [1.165, 1.54) is 13.0 Å². The van der Waals surface area contributed by atoms with Crippen LogP contribution in [0, 0.1) is 0 Å². The SMILES string of the molecule is CCC(CC)O[C@@H]1C=C(C(=O)O)C[C@H](NC(=O)c2ccccc2CO)[C@H]1NC(C)=O. The molecule has 1 aliphatic rings. The lowest BCUT2D eigenvalue weighted by molar-refractivity contribution is -0.133. The van der Waals surface area contributed by atoms with E-state index in [0.717, 1.165) is 12.8 Å². The van der Waals surface area contributed by atoms with Crippen LogP contribution in [-0.2, 0) is 20.9 Å². The molecular formula is C22H30N2O6. The van der Waals surface area contributed by atoms with Crippen LogP contribution >= 0.6 is 0 Å². The van der Waals surface area contributed by atoms with Crippen LogP contribution in [0.4, 0.5) is 0 Å². The summed E-state index contributed by atoms with van der Waals surface area (Å²) >= 11 is 0. The maximum Gasteiger partial charge on any atom is 0.331 e. The molecule has 0 bridgehead atoms. The predicted octanol–water partition coefficient (Wildman–Crippen LogP) is 1.77. The van der Waals surface area contributed by atoms with Crippen molar-refractivity contribution in [1.29, 1.82) is 0 Å². The van der Waals surface area contributed by atoms with Gasteiger partial charge in [-0.1, -0.05) is 32.0 Å². The fourth-order valence-corrected chi connectivity index (χ4v) is 3.63. The van der Waals surface area contributed by atoms with Gasteiger partial charge in [-0.05, 0) is 30.5 Å². The van der Waals surface area contributed by atoms with Crippen molar-refractivity contribution in [2.75, 3.05) is 0 Å². The number of hydrogen-bond acceptors (Lipinski definition) is 5. The molecule has 4 N–H and O–H groups in total. The summed E-state index contributed by atoms with van der Waals surface area (Å²) in [5.74, 6) is -1.85. The van der Waals surface area contributed by atoms with Crippen LogP contribution in [0.15, 0.2) is 35.9 Å². The second-order valence-corrected chi connectivity index (χ2v) is 7.36. The summed E-state index contributed by atoms with van der Waals surface area (Å²) < 4.78 is 6.10. The summed E-state index contributed by atoms with van der Waals surface area (Å²) in [7, 11) is 0. The van der Waals surface area contributed by atoms with E-state index in [4.69, 9.17) is 4.74 Å². The minimum absolute atomic E-state index is 0.0378. The molecule has 0 saturated carbocycles. The molecule has 0 aromatic heterocycles. The fourth-order valence-electron chi connectivity index (χ4n) is 3.63. The quantitative estimate of drug-likeness (QED) is 0.484. The summed E-state index contributed by atoms with van der Waals surface area (Å²) in [5, 5.41) is 24.7. The Hall–Kier alpha value is -2.71. The molecule has 2 amide bonds. The van der Waals surface area contributed by atoms with Gasteiger partial charge in [0.15, 0.2) is 0 Å². The molecule has 2 rings (SSSR count). The standard InChI is InChI=1S/C22H30N2O6/c1-4-16(5-2)30-19-11-15(22(28)29)10-18(20(19)23-13(3)26)24-21(27)17-9-7-6-8-14(17)12-25/h6-9,11,16,18-20,25H,4-5,10,12H2,1-3H3,(H,23,26)(H,24,27)(H,28,29)/t18-,19+,20+/m0/s1. The Morgan fingerprint density at radius 1 is 1.17 bits per heavy atom. The van der Waals surface area contributed by atoms with Gasteiger partial charge in [0.1, 0.15) is 0 Å². The van der Waals surface area contributed by atoms with Crippen molar-refractivity contribution in [3.63, 3.8) is 0 Å². The van der Waals surface area contributed by atoms with Gasteiger partial charge in [-0.25, -0.2) is 4.79 Å². The van der Waals surface area contributed by atoms with Gasteiger partial charge < -0.3 is 25.6 Å². The van der Waals surface area contributed by atoms with E-state index in [9.17, 15) is 24.6 Å². The third-order valence-corrected chi connectivity index (χ3v) is 5.25. The number of aliphatic hydroxyl groups excluding tert-OH is 1. The number of carboxylic acids is 1. The Morgan fingerprint density at radius 2 is 1.83 bits per heavy atom. The normalized spacial score (nSPS) is 21.1. The number of hydrogen-bond donors (Lipinski definition) is 4. The highest BCUT2D eigenvalue weighted by molar-refractivity contribution is 5.96. The zero-order valence-electron chi connectivity index (χ0n) is 17.6. The predicted molar refractivity (Wildman–Crippen MR) is 111 cm³/mol. The third kappa shape index (κ3) is 5.90. The molecule has 30 heavy (non-hydrogen) atoms. The largest absolute Gasteiger partial charge is 0.478 e. The monoisotopic (exact) mass is 418 g/mol. The smallest absolute Gasteiger partial charge is 0.331 e. The zero-order chi connectivity index (χ0) is 22.3. The highest BCUT2D eigenvalue weighted by Gasteiger charge is 2.38. The van der Waals surface area contributed by atoms with Gasteiger partial charge in [-0.3, -0.25) is 9.59 Å². The molecule has 0 spiro atoms. The molecule has 0 heterocycles. The number of nitrogens with one attached hydrogen (secondary N) is 2. The molecule has 0 fully saturated rings. The average Bonchev–Trinajstić information content (AvgIpc) is 2.73. The van der Waals surface area contributed by atoms with Gasteiger partial charge in [0, 0.05) is 24.5 Å². The molecule has 1 aromatic rings. The number of amides is 2. The molecule has 0 unspecified atom stereocenters. The maximum atomic E-state index is 12.9. The molecule has 8 heteroatoms. The van der Waals surface area contributed by atoms with E-state index in [0.29, 0.717) is 11.1 Å². The van der Waals surface area contributed by atoms with Crippen molar-refractivity contribution in [3.8, 4) is 0 Å². The van der Waals surface area contributed by atoms with Crippen molar-refractivity contribution in [1.82, 2.24) is 10.6 Å². The first-order valence-corrected chi connectivity index (χ1v) is 10.2. The Balaban J connectivity index is 2.36. The van der Waals surface area contributed by atoms with Gasteiger partial charge in [0.05, 0.1) is 30.9 Å². The highest BCUT2D eigenvalue weighted by Crippen LogP contribution is 2.25. The summed E-state index contributed by atoms with van der Waals surface area (Å²) in [6, 6.07) is 5.31. The van der Waals surface area contributed by atoms with Crippen molar-refractivity contribution in [3.05, 3.63) is 47.0 Å². The lowest BCUT2D eigenvalue weighted by Gasteiger charge is -2.38. The molecule has 0 aliphatic heterocycles. The molecule has 3 atom stereocenters. The number of carbonyl (C=O) groups excluding carboxylic acids is 2. The Labute approximate surface area is 176 Å². The fraction of sp³-hybridized carbons (Fsp3) is 0.500. The van der Waals surface area contributed by atoms with Gasteiger partial charge >= 0.3 is 5.97 Å². The summed E-state index contributed by atoms with van der Waals surface area (Å²) in [6.45, 7) is 5.00. The van der Waals surface area contributed by atoms with Gasteiger partial charge in [0.25, 0.3) is 5.91 Å².